The number of hydrogen-bond donors (Lipinski definition) is 1. The summed E-state index contributed by atoms with van der Waals surface area (Å²) in [5.74, 6) is 0. The van der Waals surface area contributed by atoms with Crippen LogP contribution in [0.4, 0.5) is 5.69 Å². The molecule has 2 aromatic rings. The molecule has 0 unspecified atom stereocenters. The molecule has 0 atom stereocenters. The van der Waals surface area contributed by atoms with E-state index in [4.69, 9.17) is 28.5 Å². The lowest BCUT2D eigenvalue weighted by molar-refractivity contribution is 0.601. The first kappa shape index (κ1) is 14.7. The lowest BCUT2D eigenvalue weighted by atomic mass is 10.2. The minimum absolute atomic E-state index is 0.0643. The molecule has 102 valence electrons. The van der Waals surface area contributed by atoms with Crippen molar-refractivity contribution in [3.8, 4) is 6.07 Å². The van der Waals surface area contributed by atoms with Crippen molar-refractivity contribution in [1.29, 1.82) is 5.26 Å². The first-order valence-electron chi connectivity index (χ1n) is 5.41. The largest absolute Gasteiger partial charge is 0.278 e. The Balaban J connectivity index is 2.47. The topological polar surface area (TPSA) is 70.0 Å². The van der Waals surface area contributed by atoms with Crippen LogP contribution in [0.2, 0.25) is 10.0 Å². The molecule has 0 amide bonds. The van der Waals surface area contributed by atoms with Crippen LogP contribution in [0.15, 0.2) is 47.4 Å². The Hall–Kier alpha value is -1.74. The lowest BCUT2D eigenvalue weighted by Gasteiger charge is -2.10. The van der Waals surface area contributed by atoms with E-state index in [-0.39, 0.29) is 21.2 Å². The van der Waals surface area contributed by atoms with Crippen molar-refractivity contribution in [3.63, 3.8) is 0 Å². The molecule has 7 heteroatoms. The van der Waals surface area contributed by atoms with Crippen LogP contribution in [0.25, 0.3) is 0 Å². The number of halogens is 2. The van der Waals surface area contributed by atoms with Crippen LogP contribution in [-0.4, -0.2) is 8.42 Å². The van der Waals surface area contributed by atoms with E-state index in [0.29, 0.717) is 5.02 Å². The van der Waals surface area contributed by atoms with Crippen molar-refractivity contribution >= 4 is 38.9 Å². The maximum Gasteiger partial charge on any atom is 0.263 e. The van der Waals surface area contributed by atoms with E-state index < -0.39 is 10.0 Å². The molecule has 0 heterocycles. The van der Waals surface area contributed by atoms with Crippen LogP contribution < -0.4 is 4.72 Å². The molecule has 0 fully saturated rings. The Labute approximate surface area is 126 Å². The highest BCUT2D eigenvalue weighted by Gasteiger charge is 2.19. The Bertz CT molecular complexity index is 798. The first-order chi connectivity index (χ1) is 9.44. The summed E-state index contributed by atoms with van der Waals surface area (Å²) < 4.78 is 26.8. The van der Waals surface area contributed by atoms with Crippen LogP contribution in [0, 0.1) is 11.3 Å². The Morgan fingerprint density at radius 3 is 2.45 bits per heavy atom. The maximum absolute atomic E-state index is 12.3. The fourth-order valence-electron chi connectivity index (χ4n) is 1.56. The summed E-state index contributed by atoms with van der Waals surface area (Å²) in [6.07, 6.45) is 0. The van der Waals surface area contributed by atoms with Gasteiger partial charge >= 0.3 is 0 Å². The number of benzene rings is 2. The molecular weight excluding hydrogens is 319 g/mol. The number of hydrogen-bond acceptors (Lipinski definition) is 3. The normalized spacial score (nSPS) is 10.8. The third-order valence-electron chi connectivity index (χ3n) is 2.47. The molecular formula is C13H8Cl2N2O2S. The summed E-state index contributed by atoms with van der Waals surface area (Å²) in [5.41, 5.74) is 0.282. The number of rotatable bonds is 3. The summed E-state index contributed by atoms with van der Waals surface area (Å²) in [6.45, 7) is 0. The highest BCUT2D eigenvalue weighted by Crippen LogP contribution is 2.26. The van der Waals surface area contributed by atoms with Gasteiger partial charge in [0.15, 0.2) is 0 Å². The number of nitrogens with zero attached hydrogens (tertiary/aromatic N) is 1. The summed E-state index contributed by atoms with van der Waals surface area (Å²) in [5, 5.41) is 9.40. The zero-order valence-electron chi connectivity index (χ0n) is 9.97. The minimum Gasteiger partial charge on any atom is -0.278 e. The van der Waals surface area contributed by atoms with Crippen molar-refractivity contribution < 1.29 is 8.42 Å². The maximum atomic E-state index is 12.3. The first-order valence-corrected chi connectivity index (χ1v) is 7.65. The van der Waals surface area contributed by atoms with Gasteiger partial charge in [-0.15, -0.1) is 0 Å². The molecule has 0 radical (unpaired) electrons. The van der Waals surface area contributed by atoms with Gasteiger partial charge in [-0.2, -0.15) is 5.26 Å². The number of anilines is 1. The number of nitriles is 1. The third kappa shape index (κ3) is 3.05. The van der Waals surface area contributed by atoms with Crippen molar-refractivity contribution in [2.24, 2.45) is 0 Å². The van der Waals surface area contributed by atoms with Gasteiger partial charge in [0, 0.05) is 5.02 Å². The van der Waals surface area contributed by atoms with E-state index in [2.05, 4.69) is 4.72 Å². The fourth-order valence-corrected chi connectivity index (χ4v) is 3.32. The van der Waals surface area contributed by atoms with Crippen LogP contribution in [0.5, 0.6) is 0 Å². The standard InChI is InChI=1S/C13H8Cl2N2O2S/c14-10-6-5-9(8-16)12(7-10)17-20(18,19)13-4-2-1-3-11(13)15/h1-7,17H. The minimum atomic E-state index is -3.89. The highest BCUT2D eigenvalue weighted by atomic mass is 35.5. The van der Waals surface area contributed by atoms with Gasteiger partial charge in [-0.3, -0.25) is 4.72 Å². The third-order valence-corrected chi connectivity index (χ3v) is 4.57. The van der Waals surface area contributed by atoms with E-state index in [1.54, 1.807) is 12.1 Å². The Morgan fingerprint density at radius 2 is 1.80 bits per heavy atom. The zero-order valence-corrected chi connectivity index (χ0v) is 12.3. The van der Waals surface area contributed by atoms with Crippen molar-refractivity contribution in [2.45, 2.75) is 4.90 Å². The van der Waals surface area contributed by atoms with E-state index in [1.807, 2.05) is 6.07 Å². The smallest absolute Gasteiger partial charge is 0.263 e. The molecule has 0 aromatic heterocycles. The van der Waals surface area contributed by atoms with Gasteiger partial charge in [-0.1, -0.05) is 35.3 Å². The molecule has 0 saturated heterocycles. The van der Waals surface area contributed by atoms with Gasteiger partial charge in [0.2, 0.25) is 0 Å². The van der Waals surface area contributed by atoms with Crippen molar-refractivity contribution in [3.05, 3.63) is 58.1 Å². The van der Waals surface area contributed by atoms with Gasteiger partial charge in [-0.25, -0.2) is 8.42 Å². The molecule has 0 aliphatic rings. The van der Waals surface area contributed by atoms with E-state index in [9.17, 15) is 8.42 Å². The summed E-state index contributed by atoms with van der Waals surface area (Å²) >= 11 is 11.7. The molecule has 2 rings (SSSR count). The van der Waals surface area contributed by atoms with Gasteiger partial charge in [-0.05, 0) is 30.3 Å². The average molecular weight is 327 g/mol. The predicted molar refractivity (Wildman–Crippen MR) is 78.4 cm³/mol. The van der Waals surface area contributed by atoms with Crippen molar-refractivity contribution in [2.75, 3.05) is 4.72 Å². The van der Waals surface area contributed by atoms with E-state index in [1.165, 1.54) is 30.3 Å². The lowest BCUT2D eigenvalue weighted by Crippen LogP contribution is -2.14. The molecule has 0 bridgehead atoms. The second-order valence-corrected chi connectivity index (χ2v) is 6.33. The molecule has 0 aliphatic carbocycles. The molecule has 20 heavy (non-hydrogen) atoms. The Morgan fingerprint density at radius 1 is 1.10 bits per heavy atom. The van der Waals surface area contributed by atoms with Gasteiger partial charge in [0.25, 0.3) is 10.0 Å². The molecule has 0 spiro atoms. The zero-order chi connectivity index (χ0) is 14.8. The van der Waals surface area contributed by atoms with Gasteiger partial charge in [0.1, 0.15) is 11.0 Å². The SMILES string of the molecule is N#Cc1ccc(Cl)cc1NS(=O)(=O)c1ccccc1Cl. The summed E-state index contributed by atoms with van der Waals surface area (Å²) in [7, 11) is -3.89. The number of nitrogens with one attached hydrogen (secondary N) is 1. The molecule has 0 saturated carbocycles. The molecule has 2 aromatic carbocycles. The van der Waals surface area contributed by atoms with Crippen molar-refractivity contribution in [1.82, 2.24) is 0 Å². The van der Waals surface area contributed by atoms with Gasteiger partial charge < -0.3 is 0 Å². The number of sulfonamides is 1. The fraction of sp³-hybridized carbons (Fsp3) is 0. The van der Waals surface area contributed by atoms with Gasteiger partial charge in [0.05, 0.1) is 16.3 Å². The van der Waals surface area contributed by atoms with Crippen LogP contribution >= 0.6 is 23.2 Å². The molecule has 1 N–H and O–H groups in total. The summed E-state index contributed by atoms with van der Waals surface area (Å²) in [4.78, 5) is -0.0643. The quantitative estimate of drug-likeness (QED) is 0.935. The van der Waals surface area contributed by atoms with E-state index in [0.717, 1.165) is 0 Å². The highest BCUT2D eigenvalue weighted by molar-refractivity contribution is 7.92. The predicted octanol–water partition coefficient (Wildman–Crippen LogP) is 3.67. The second kappa shape index (κ2) is 5.71. The summed E-state index contributed by atoms with van der Waals surface area (Å²) in [6, 6.07) is 12.2. The molecule has 0 aliphatic heterocycles. The van der Waals surface area contributed by atoms with Crippen LogP contribution in [0.1, 0.15) is 5.56 Å². The van der Waals surface area contributed by atoms with E-state index >= 15 is 0 Å². The van der Waals surface area contributed by atoms with Crippen LogP contribution in [-0.2, 0) is 10.0 Å². The average Bonchev–Trinajstić information content (AvgIpc) is 2.39. The monoisotopic (exact) mass is 326 g/mol. The second-order valence-electron chi connectivity index (χ2n) is 3.84. The molecule has 4 nitrogen and oxygen atoms in total. The van der Waals surface area contributed by atoms with Crippen LogP contribution in [0.3, 0.4) is 0 Å². The Kier molecular flexibility index (Phi) is 4.19.